The van der Waals surface area contributed by atoms with Gasteiger partial charge in [0.25, 0.3) is 0 Å². The summed E-state index contributed by atoms with van der Waals surface area (Å²) in [5.74, 6) is 0.149. The first-order valence-electron chi connectivity index (χ1n) is 6.47. The predicted octanol–water partition coefficient (Wildman–Crippen LogP) is 4.30. The number of hydrogen-bond donors (Lipinski definition) is 0. The number of benzene rings is 1. The van der Waals surface area contributed by atoms with Gasteiger partial charge in [-0.15, -0.1) is 11.6 Å². The van der Waals surface area contributed by atoms with Crippen molar-refractivity contribution >= 4 is 44.8 Å². The van der Waals surface area contributed by atoms with Gasteiger partial charge in [-0.1, -0.05) is 30.1 Å². The fourth-order valence-corrected chi connectivity index (χ4v) is 5.43. The summed E-state index contributed by atoms with van der Waals surface area (Å²) in [4.78, 5) is 0.0968. The maximum atomic E-state index is 12.8. The number of rotatable bonds is 4. The summed E-state index contributed by atoms with van der Waals surface area (Å²) >= 11 is 17.9. The lowest BCUT2D eigenvalue weighted by Gasteiger charge is -2.24. The second-order valence-corrected chi connectivity index (χ2v) is 7.77. The highest BCUT2D eigenvalue weighted by molar-refractivity contribution is 7.89. The van der Waals surface area contributed by atoms with Crippen molar-refractivity contribution in [3.63, 3.8) is 0 Å². The Bertz CT molecular complexity index is 604. The van der Waals surface area contributed by atoms with Gasteiger partial charge in [0.05, 0.1) is 5.02 Å². The van der Waals surface area contributed by atoms with Crippen LogP contribution in [-0.2, 0) is 15.9 Å². The van der Waals surface area contributed by atoms with Gasteiger partial charge in [0.1, 0.15) is 4.90 Å². The number of hydrogen-bond acceptors (Lipinski definition) is 2. The van der Waals surface area contributed by atoms with Gasteiger partial charge >= 0.3 is 0 Å². The Morgan fingerprint density at radius 3 is 2.60 bits per heavy atom. The Kier molecular flexibility index (Phi) is 5.24. The van der Waals surface area contributed by atoms with Gasteiger partial charge in [0.2, 0.25) is 10.0 Å². The van der Waals surface area contributed by atoms with E-state index in [0.29, 0.717) is 17.1 Å². The van der Waals surface area contributed by atoms with Crippen molar-refractivity contribution in [2.75, 3.05) is 6.54 Å². The topological polar surface area (TPSA) is 37.4 Å². The van der Waals surface area contributed by atoms with Crippen molar-refractivity contribution in [1.82, 2.24) is 4.31 Å². The lowest BCUT2D eigenvalue weighted by molar-refractivity contribution is 0.379. The van der Waals surface area contributed by atoms with Gasteiger partial charge in [-0.3, -0.25) is 0 Å². The first-order valence-corrected chi connectivity index (χ1v) is 9.20. The van der Waals surface area contributed by atoms with E-state index in [9.17, 15) is 8.42 Å². The summed E-state index contributed by atoms with van der Waals surface area (Å²) in [6.45, 7) is 2.53. The van der Waals surface area contributed by atoms with E-state index < -0.39 is 10.0 Å². The first kappa shape index (κ1) is 16.4. The molecule has 0 saturated carbocycles. The summed E-state index contributed by atoms with van der Waals surface area (Å²) < 4.78 is 27.1. The zero-order chi connectivity index (χ0) is 14.9. The minimum Gasteiger partial charge on any atom is -0.207 e. The highest BCUT2D eigenvalue weighted by atomic mass is 35.5. The van der Waals surface area contributed by atoms with Crippen LogP contribution in [-0.4, -0.2) is 25.3 Å². The van der Waals surface area contributed by atoms with Crippen LogP contribution < -0.4 is 0 Å². The van der Waals surface area contributed by atoms with E-state index in [4.69, 9.17) is 34.8 Å². The third-order valence-electron chi connectivity index (χ3n) is 3.63. The van der Waals surface area contributed by atoms with E-state index in [1.807, 2.05) is 6.92 Å². The normalized spacial score (nSPS) is 20.5. The fourth-order valence-electron chi connectivity index (χ4n) is 2.53. The molecule has 2 rings (SSSR count). The van der Waals surface area contributed by atoms with E-state index in [-0.39, 0.29) is 21.8 Å². The summed E-state index contributed by atoms with van der Waals surface area (Å²) in [6.07, 6.45) is 2.57. The van der Waals surface area contributed by atoms with Crippen molar-refractivity contribution in [1.29, 1.82) is 0 Å². The summed E-state index contributed by atoms with van der Waals surface area (Å²) in [7, 11) is -3.60. The summed E-state index contributed by atoms with van der Waals surface area (Å²) in [6, 6.07) is 2.98. The molecule has 1 heterocycles. The third-order valence-corrected chi connectivity index (χ3v) is 6.68. The average molecular weight is 357 g/mol. The molecule has 1 fully saturated rings. The molecular formula is C13H16Cl3NO2S. The fraction of sp³-hybridized carbons (Fsp3) is 0.538. The van der Waals surface area contributed by atoms with Crippen LogP contribution in [0.3, 0.4) is 0 Å². The van der Waals surface area contributed by atoms with Crippen LogP contribution >= 0.6 is 34.8 Å². The van der Waals surface area contributed by atoms with Gasteiger partial charge in [0.15, 0.2) is 0 Å². The molecule has 1 saturated heterocycles. The first-order chi connectivity index (χ1) is 9.41. The van der Waals surface area contributed by atoms with Crippen molar-refractivity contribution in [3.05, 3.63) is 27.7 Å². The maximum absolute atomic E-state index is 12.8. The Labute approximate surface area is 134 Å². The molecule has 0 N–H and O–H groups in total. The van der Waals surface area contributed by atoms with Crippen molar-refractivity contribution in [2.45, 2.75) is 43.0 Å². The average Bonchev–Trinajstić information content (AvgIpc) is 2.87. The molecule has 1 aliphatic rings. The van der Waals surface area contributed by atoms with Gasteiger partial charge in [-0.25, -0.2) is 8.42 Å². The van der Waals surface area contributed by atoms with Crippen LogP contribution in [0.1, 0.15) is 31.7 Å². The molecule has 20 heavy (non-hydrogen) atoms. The number of halogens is 3. The van der Waals surface area contributed by atoms with Crippen molar-refractivity contribution < 1.29 is 8.42 Å². The minimum absolute atomic E-state index is 0.0474. The Morgan fingerprint density at radius 2 is 2.00 bits per heavy atom. The smallest absolute Gasteiger partial charge is 0.207 e. The van der Waals surface area contributed by atoms with Crippen LogP contribution in [0.5, 0.6) is 0 Å². The third kappa shape index (κ3) is 2.95. The molecule has 1 unspecified atom stereocenters. The number of alkyl halides is 1. The summed E-state index contributed by atoms with van der Waals surface area (Å²) in [5, 5.41) is 0.531. The molecule has 1 atom stereocenters. The highest BCUT2D eigenvalue weighted by Gasteiger charge is 2.35. The van der Waals surface area contributed by atoms with Gasteiger partial charge in [-0.05, 0) is 37.0 Å². The molecule has 3 nitrogen and oxygen atoms in total. The van der Waals surface area contributed by atoms with Crippen LogP contribution in [0.2, 0.25) is 10.0 Å². The van der Waals surface area contributed by atoms with E-state index in [2.05, 4.69) is 0 Å². The molecule has 0 bridgehead atoms. The molecule has 112 valence electrons. The van der Waals surface area contributed by atoms with Gasteiger partial charge in [-0.2, -0.15) is 4.31 Å². The highest BCUT2D eigenvalue weighted by Crippen LogP contribution is 2.34. The zero-order valence-corrected chi connectivity index (χ0v) is 14.2. The molecule has 0 spiro atoms. The number of nitrogens with zero attached hydrogens (tertiary/aromatic N) is 1. The second kappa shape index (κ2) is 6.41. The minimum atomic E-state index is -3.60. The van der Waals surface area contributed by atoms with Crippen LogP contribution in [0.25, 0.3) is 0 Å². The lowest BCUT2D eigenvalue weighted by atomic mass is 10.2. The molecule has 0 amide bonds. The van der Waals surface area contributed by atoms with Crippen LogP contribution in [0.15, 0.2) is 17.0 Å². The molecule has 0 aromatic heterocycles. The van der Waals surface area contributed by atoms with E-state index in [1.54, 1.807) is 4.31 Å². The largest absolute Gasteiger partial charge is 0.244 e. The molecule has 1 aliphatic heterocycles. The molecule has 7 heteroatoms. The van der Waals surface area contributed by atoms with Crippen molar-refractivity contribution in [3.8, 4) is 0 Å². The zero-order valence-electron chi connectivity index (χ0n) is 11.1. The summed E-state index contributed by atoms with van der Waals surface area (Å²) in [5.41, 5.74) is 0.573. The lowest BCUT2D eigenvalue weighted by Crippen LogP contribution is -2.35. The SMILES string of the molecule is CCC1CCCN1S(=O)(=O)c1cc(CCl)c(Cl)cc1Cl. The predicted molar refractivity (Wildman–Crippen MR) is 83.2 cm³/mol. The maximum Gasteiger partial charge on any atom is 0.244 e. The van der Waals surface area contributed by atoms with E-state index in [1.165, 1.54) is 12.1 Å². The Morgan fingerprint density at radius 1 is 1.30 bits per heavy atom. The van der Waals surface area contributed by atoms with Crippen LogP contribution in [0.4, 0.5) is 0 Å². The number of sulfonamides is 1. The molecule has 1 aromatic carbocycles. The molecular weight excluding hydrogens is 341 g/mol. The van der Waals surface area contributed by atoms with Crippen LogP contribution in [0, 0.1) is 0 Å². The van der Waals surface area contributed by atoms with E-state index >= 15 is 0 Å². The van der Waals surface area contributed by atoms with Gasteiger partial charge in [0, 0.05) is 23.5 Å². The quantitative estimate of drug-likeness (QED) is 0.754. The molecule has 0 aliphatic carbocycles. The van der Waals surface area contributed by atoms with E-state index in [0.717, 1.165) is 19.3 Å². The Hall–Kier alpha value is -0.000000000000000111. The molecule has 0 radical (unpaired) electrons. The standard InChI is InChI=1S/C13H16Cl3NO2S/c1-2-10-4-3-5-17(10)20(18,19)13-6-9(8-14)11(15)7-12(13)16/h6-7,10H,2-5,8H2,1H3. The molecule has 1 aromatic rings. The monoisotopic (exact) mass is 355 g/mol. The van der Waals surface area contributed by atoms with Gasteiger partial charge < -0.3 is 0 Å². The second-order valence-electron chi connectivity index (χ2n) is 4.83. The van der Waals surface area contributed by atoms with Crippen molar-refractivity contribution in [2.24, 2.45) is 0 Å². The Balaban J connectivity index is 2.49.